The first-order chi connectivity index (χ1) is 8.56. The Morgan fingerprint density at radius 2 is 2.06 bits per heavy atom. The summed E-state index contributed by atoms with van der Waals surface area (Å²) in [6.07, 6.45) is 0. The van der Waals surface area contributed by atoms with E-state index in [1.807, 2.05) is 30.5 Å². The standard InChI is InChI=1S/C15H18FNS/c1-10(2)17-8-12-4-5-14(15(16)7-12)13-6-11(3)18-9-13/h4-7,9-10,17H,8H2,1-3H3. The van der Waals surface area contributed by atoms with Crippen molar-refractivity contribution < 1.29 is 4.39 Å². The lowest BCUT2D eigenvalue weighted by Crippen LogP contribution is -2.21. The van der Waals surface area contributed by atoms with Crippen molar-refractivity contribution in [2.45, 2.75) is 33.4 Å². The van der Waals surface area contributed by atoms with Crippen molar-refractivity contribution in [3.63, 3.8) is 0 Å². The second-order valence-corrected chi connectivity index (χ2v) is 5.91. The highest BCUT2D eigenvalue weighted by Gasteiger charge is 2.07. The molecule has 0 radical (unpaired) electrons. The van der Waals surface area contributed by atoms with Crippen LogP contribution in [0.5, 0.6) is 0 Å². The number of hydrogen-bond acceptors (Lipinski definition) is 2. The Morgan fingerprint density at radius 3 is 2.61 bits per heavy atom. The zero-order valence-electron chi connectivity index (χ0n) is 11.0. The molecule has 1 heterocycles. The van der Waals surface area contributed by atoms with Crippen molar-refractivity contribution in [2.24, 2.45) is 0 Å². The third-order valence-corrected chi connectivity index (χ3v) is 3.65. The molecule has 0 unspecified atom stereocenters. The summed E-state index contributed by atoms with van der Waals surface area (Å²) in [7, 11) is 0. The Hall–Kier alpha value is -1.19. The fourth-order valence-corrected chi connectivity index (χ4v) is 2.51. The Balaban J connectivity index is 2.20. The fourth-order valence-electron chi connectivity index (χ4n) is 1.81. The number of benzene rings is 1. The summed E-state index contributed by atoms with van der Waals surface area (Å²) in [4.78, 5) is 1.20. The summed E-state index contributed by atoms with van der Waals surface area (Å²) in [6, 6.07) is 7.91. The lowest BCUT2D eigenvalue weighted by atomic mass is 10.1. The van der Waals surface area contributed by atoms with Crippen molar-refractivity contribution >= 4 is 11.3 Å². The molecule has 0 saturated heterocycles. The summed E-state index contributed by atoms with van der Waals surface area (Å²) in [5.74, 6) is -0.143. The van der Waals surface area contributed by atoms with Crippen LogP contribution in [0.1, 0.15) is 24.3 Å². The third-order valence-electron chi connectivity index (χ3n) is 2.79. The number of aryl methyl sites for hydroxylation is 1. The highest BCUT2D eigenvalue weighted by Crippen LogP contribution is 2.27. The monoisotopic (exact) mass is 263 g/mol. The molecule has 1 nitrogen and oxygen atoms in total. The molecule has 0 aliphatic rings. The van der Waals surface area contributed by atoms with E-state index >= 15 is 0 Å². The smallest absolute Gasteiger partial charge is 0.131 e. The van der Waals surface area contributed by atoms with Gasteiger partial charge in [-0.15, -0.1) is 11.3 Å². The van der Waals surface area contributed by atoms with Crippen LogP contribution in [0.4, 0.5) is 4.39 Å². The van der Waals surface area contributed by atoms with Crippen LogP contribution in [0, 0.1) is 12.7 Å². The van der Waals surface area contributed by atoms with Crippen molar-refractivity contribution in [2.75, 3.05) is 0 Å². The van der Waals surface area contributed by atoms with Gasteiger partial charge in [-0.2, -0.15) is 0 Å². The third kappa shape index (κ3) is 3.18. The van der Waals surface area contributed by atoms with Gasteiger partial charge in [0, 0.05) is 23.0 Å². The molecule has 0 aliphatic heterocycles. The first kappa shape index (κ1) is 13.2. The molecule has 0 saturated carbocycles. The van der Waals surface area contributed by atoms with Gasteiger partial charge in [-0.05, 0) is 35.6 Å². The molecule has 3 heteroatoms. The van der Waals surface area contributed by atoms with Gasteiger partial charge >= 0.3 is 0 Å². The zero-order chi connectivity index (χ0) is 13.1. The predicted molar refractivity (Wildman–Crippen MR) is 76.4 cm³/mol. The molecule has 2 aromatic rings. The van der Waals surface area contributed by atoms with Gasteiger partial charge in [-0.25, -0.2) is 4.39 Å². The van der Waals surface area contributed by atoms with E-state index in [-0.39, 0.29) is 5.82 Å². The lowest BCUT2D eigenvalue weighted by molar-refractivity contribution is 0.582. The predicted octanol–water partition coefficient (Wildman–Crippen LogP) is 4.36. The summed E-state index contributed by atoms with van der Waals surface area (Å²) >= 11 is 1.65. The topological polar surface area (TPSA) is 12.0 Å². The number of thiophene rings is 1. The van der Waals surface area contributed by atoms with Crippen LogP contribution in [0.25, 0.3) is 11.1 Å². The summed E-state index contributed by atoms with van der Waals surface area (Å²) < 4.78 is 14.0. The van der Waals surface area contributed by atoms with E-state index in [4.69, 9.17) is 0 Å². The van der Waals surface area contributed by atoms with E-state index in [9.17, 15) is 4.39 Å². The van der Waals surface area contributed by atoms with Gasteiger partial charge in [0.25, 0.3) is 0 Å². The molecule has 0 fully saturated rings. The number of nitrogens with one attached hydrogen (secondary N) is 1. The first-order valence-electron chi connectivity index (χ1n) is 6.13. The molecule has 1 aromatic heterocycles. The van der Waals surface area contributed by atoms with E-state index in [0.717, 1.165) is 11.1 Å². The van der Waals surface area contributed by atoms with Gasteiger partial charge in [0.1, 0.15) is 5.82 Å². The average molecular weight is 263 g/mol. The summed E-state index contributed by atoms with van der Waals surface area (Å²) in [6.45, 7) is 6.91. The lowest BCUT2D eigenvalue weighted by Gasteiger charge is -2.09. The highest BCUT2D eigenvalue weighted by atomic mass is 32.1. The number of hydrogen-bond donors (Lipinski definition) is 1. The van der Waals surface area contributed by atoms with Crippen molar-refractivity contribution in [1.29, 1.82) is 0 Å². The van der Waals surface area contributed by atoms with Crippen LogP contribution in [0.15, 0.2) is 29.6 Å². The van der Waals surface area contributed by atoms with E-state index in [2.05, 4.69) is 19.2 Å². The van der Waals surface area contributed by atoms with E-state index in [1.54, 1.807) is 17.4 Å². The molecular weight excluding hydrogens is 245 g/mol. The number of halogens is 1. The Kier molecular flexibility index (Phi) is 4.15. The Labute approximate surface area is 112 Å². The normalized spacial score (nSPS) is 11.2. The Bertz CT molecular complexity index is 531. The molecule has 2 rings (SSSR count). The molecular formula is C15H18FNS. The van der Waals surface area contributed by atoms with Crippen molar-refractivity contribution in [1.82, 2.24) is 5.32 Å². The second-order valence-electron chi connectivity index (χ2n) is 4.80. The number of rotatable bonds is 4. The Morgan fingerprint density at radius 1 is 1.28 bits per heavy atom. The summed E-state index contributed by atoms with van der Waals surface area (Å²) in [5.41, 5.74) is 2.64. The van der Waals surface area contributed by atoms with Gasteiger partial charge < -0.3 is 5.32 Å². The molecule has 96 valence electrons. The molecule has 0 amide bonds. The highest BCUT2D eigenvalue weighted by molar-refractivity contribution is 7.10. The quantitative estimate of drug-likeness (QED) is 0.864. The molecule has 18 heavy (non-hydrogen) atoms. The largest absolute Gasteiger partial charge is 0.310 e. The van der Waals surface area contributed by atoms with Crippen molar-refractivity contribution in [3.8, 4) is 11.1 Å². The van der Waals surface area contributed by atoms with Gasteiger partial charge in [-0.3, -0.25) is 0 Å². The molecule has 1 N–H and O–H groups in total. The maximum absolute atomic E-state index is 14.0. The first-order valence-corrected chi connectivity index (χ1v) is 7.01. The van der Waals surface area contributed by atoms with Gasteiger partial charge in [0.15, 0.2) is 0 Å². The van der Waals surface area contributed by atoms with Crippen LogP contribution in [0.2, 0.25) is 0 Å². The van der Waals surface area contributed by atoms with Crippen LogP contribution >= 0.6 is 11.3 Å². The second kappa shape index (κ2) is 5.63. The molecule has 0 spiro atoms. The fraction of sp³-hybridized carbons (Fsp3) is 0.333. The van der Waals surface area contributed by atoms with Crippen LogP contribution in [-0.2, 0) is 6.54 Å². The molecule has 0 atom stereocenters. The molecule has 0 aliphatic carbocycles. The van der Waals surface area contributed by atoms with Gasteiger partial charge in [0.05, 0.1) is 0 Å². The van der Waals surface area contributed by atoms with Crippen LogP contribution in [-0.4, -0.2) is 6.04 Å². The minimum atomic E-state index is -0.143. The maximum atomic E-state index is 14.0. The van der Waals surface area contributed by atoms with Crippen LogP contribution < -0.4 is 5.32 Å². The summed E-state index contributed by atoms with van der Waals surface area (Å²) in [5, 5.41) is 5.29. The van der Waals surface area contributed by atoms with Gasteiger partial charge in [-0.1, -0.05) is 26.0 Å². The molecule has 0 bridgehead atoms. The van der Waals surface area contributed by atoms with E-state index < -0.39 is 0 Å². The average Bonchev–Trinajstić information content (AvgIpc) is 2.73. The maximum Gasteiger partial charge on any atom is 0.131 e. The molecule has 1 aromatic carbocycles. The minimum Gasteiger partial charge on any atom is -0.310 e. The van der Waals surface area contributed by atoms with Crippen LogP contribution in [0.3, 0.4) is 0 Å². The SMILES string of the molecule is Cc1cc(-c2ccc(CNC(C)C)cc2F)cs1. The van der Waals surface area contributed by atoms with Gasteiger partial charge in [0.2, 0.25) is 0 Å². The minimum absolute atomic E-state index is 0.143. The van der Waals surface area contributed by atoms with E-state index in [0.29, 0.717) is 18.2 Å². The van der Waals surface area contributed by atoms with Crippen molar-refractivity contribution in [3.05, 3.63) is 45.9 Å². The zero-order valence-corrected chi connectivity index (χ0v) is 11.8. The van der Waals surface area contributed by atoms with E-state index in [1.165, 1.54) is 4.88 Å².